The molecule has 0 amide bonds. The van der Waals surface area contributed by atoms with E-state index < -0.39 is 0 Å². The van der Waals surface area contributed by atoms with Crippen LogP contribution in [0.3, 0.4) is 0 Å². The highest BCUT2D eigenvalue weighted by atomic mass is 14.6. The lowest BCUT2D eigenvalue weighted by molar-refractivity contribution is 0.907. The van der Waals surface area contributed by atoms with Crippen LogP contribution >= 0.6 is 0 Å². The summed E-state index contributed by atoms with van der Waals surface area (Å²) in [7, 11) is 0. The fourth-order valence-electron chi connectivity index (χ4n) is 1.21. The highest BCUT2D eigenvalue weighted by Gasteiger charge is 2.07. The molecular weight excluding hydrogens is 152 g/mol. The molecule has 0 bridgehead atoms. The van der Waals surface area contributed by atoms with E-state index in [9.17, 15) is 0 Å². The minimum Gasteiger partial charge on any atom is -0.397 e. The zero-order valence-corrected chi connectivity index (χ0v) is 6.99. The Hall–Kier alpha value is -1.45. The zero-order valence-electron chi connectivity index (χ0n) is 6.99. The van der Waals surface area contributed by atoms with Crippen molar-refractivity contribution >= 4 is 5.69 Å². The largest absolute Gasteiger partial charge is 0.397 e. The van der Waals surface area contributed by atoms with Gasteiger partial charge in [-0.1, -0.05) is 13.3 Å². The maximum absolute atomic E-state index is 7.47. The first kappa shape index (κ1) is 8.64. The van der Waals surface area contributed by atoms with Gasteiger partial charge in [0.2, 0.25) is 0 Å². The highest BCUT2D eigenvalue weighted by molar-refractivity contribution is 5.46. The number of nitrogens with one attached hydrogen (secondary N) is 3. The summed E-state index contributed by atoms with van der Waals surface area (Å²) in [6, 6.07) is 0. The van der Waals surface area contributed by atoms with Crippen molar-refractivity contribution in [3.8, 4) is 0 Å². The van der Waals surface area contributed by atoms with E-state index in [1.807, 2.05) is 6.92 Å². The smallest absolute Gasteiger partial charge is 0.106 e. The third kappa shape index (κ3) is 1.05. The van der Waals surface area contributed by atoms with Crippen molar-refractivity contribution in [2.75, 3.05) is 5.73 Å². The molecule has 1 rings (SSSR count). The molecule has 0 aliphatic heterocycles. The molecule has 12 heavy (non-hydrogen) atoms. The fourth-order valence-corrected chi connectivity index (χ4v) is 1.21. The summed E-state index contributed by atoms with van der Waals surface area (Å²) >= 11 is 0. The van der Waals surface area contributed by atoms with Crippen LogP contribution < -0.4 is 21.8 Å². The maximum atomic E-state index is 7.47. The molecule has 1 aromatic rings. The molecule has 0 spiro atoms. The van der Waals surface area contributed by atoms with Gasteiger partial charge in [-0.25, -0.2) is 0 Å². The van der Waals surface area contributed by atoms with Crippen LogP contribution in [0.4, 0.5) is 5.69 Å². The van der Waals surface area contributed by atoms with Gasteiger partial charge in [-0.15, -0.1) is 0 Å². The second-order valence-electron chi connectivity index (χ2n) is 2.77. The van der Waals surface area contributed by atoms with Crippen molar-refractivity contribution in [1.82, 2.24) is 0 Å². The number of anilines is 1. The van der Waals surface area contributed by atoms with Crippen LogP contribution in [-0.2, 0) is 6.42 Å². The number of rotatable bonds is 2. The van der Waals surface area contributed by atoms with Crippen molar-refractivity contribution < 1.29 is 0 Å². The molecule has 0 aliphatic rings. The van der Waals surface area contributed by atoms with Gasteiger partial charge in [-0.05, 0) is 6.42 Å². The van der Waals surface area contributed by atoms with Gasteiger partial charge in [0.05, 0.1) is 11.0 Å². The van der Waals surface area contributed by atoms with Crippen molar-refractivity contribution in [1.29, 1.82) is 16.2 Å². The molecule has 5 N–H and O–H groups in total. The molecule has 64 valence electrons. The van der Waals surface area contributed by atoms with Crippen molar-refractivity contribution in [3.05, 3.63) is 21.6 Å². The summed E-state index contributed by atoms with van der Waals surface area (Å²) in [5, 5.41) is 22.2. The monoisotopic (exact) mass is 164 g/mol. The third-order valence-corrected chi connectivity index (χ3v) is 1.90. The van der Waals surface area contributed by atoms with Crippen LogP contribution in [0.15, 0.2) is 0 Å². The Morgan fingerprint density at radius 2 is 1.67 bits per heavy atom. The van der Waals surface area contributed by atoms with E-state index >= 15 is 0 Å². The molecule has 0 fully saturated rings. The minimum absolute atomic E-state index is 0.00319. The summed E-state index contributed by atoms with van der Waals surface area (Å²) < 4.78 is 0. The summed E-state index contributed by atoms with van der Waals surface area (Å²) in [6.07, 6.45) is 1.58. The van der Waals surface area contributed by atoms with E-state index in [0.29, 0.717) is 17.7 Å². The molecule has 0 saturated carbocycles. The summed E-state index contributed by atoms with van der Waals surface area (Å²) in [4.78, 5) is 0. The van der Waals surface area contributed by atoms with E-state index in [-0.39, 0.29) is 16.1 Å². The van der Waals surface area contributed by atoms with Crippen LogP contribution in [0.1, 0.15) is 18.9 Å². The SMILES string of the molecule is CCCc1c(N)c(=N)c(=N)c1=N. The summed E-state index contributed by atoms with van der Waals surface area (Å²) in [6.45, 7) is 1.99. The third-order valence-electron chi connectivity index (χ3n) is 1.90. The topological polar surface area (TPSA) is 97.6 Å². The lowest BCUT2D eigenvalue weighted by Gasteiger charge is -1.93. The average molecular weight is 164 g/mol. The van der Waals surface area contributed by atoms with E-state index in [4.69, 9.17) is 22.0 Å². The Bertz CT molecular complexity index is 423. The normalized spacial score (nSPS) is 10.4. The van der Waals surface area contributed by atoms with E-state index in [0.717, 1.165) is 6.42 Å². The first-order chi connectivity index (χ1) is 5.59. The Morgan fingerprint density at radius 3 is 2.00 bits per heavy atom. The summed E-state index contributed by atoms with van der Waals surface area (Å²) in [5.41, 5.74) is 6.53. The van der Waals surface area contributed by atoms with Gasteiger partial charge in [-0.3, -0.25) is 16.2 Å². The molecule has 4 nitrogen and oxygen atoms in total. The predicted octanol–water partition coefficient (Wildman–Crippen LogP) is -0.465. The first-order valence-corrected chi connectivity index (χ1v) is 3.85. The average Bonchev–Trinajstić information content (AvgIpc) is 2.23. The molecular formula is C8H12N4. The standard InChI is InChI=1S/C8H12N4/c1-2-3-4-5(9)7(11)8(12)6(4)10/h9,11-12H,2-3,10H2,1H3. The van der Waals surface area contributed by atoms with Gasteiger partial charge in [0.1, 0.15) is 10.7 Å². The van der Waals surface area contributed by atoms with Gasteiger partial charge in [0.25, 0.3) is 0 Å². The Balaban J connectivity index is 3.50. The number of hydrogen-bond donors (Lipinski definition) is 4. The Morgan fingerprint density at radius 1 is 1.08 bits per heavy atom. The zero-order chi connectivity index (χ0) is 9.30. The number of nitrogens with two attached hydrogens (primary N) is 1. The van der Waals surface area contributed by atoms with Crippen LogP contribution in [0, 0.1) is 16.2 Å². The van der Waals surface area contributed by atoms with Crippen LogP contribution in [0.2, 0.25) is 0 Å². The number of nitrogen functional groups attached to an aromatic ring is 1. The van der Waals surface area contributed by atoms with Crippen LogP contribution in [-0.4, -0.2) is 0 Å². The maximum Gasteiger partial charge on any atom is 0.106 e. The van der Waals surface area contributed by atoms with Crippen molar-refractivity contribution in [3.63, 3.8) is 0 Å². The molecule has 0 aliphatic carbocycles. The van der Waals surface area contributed by atoms with E-state index in [2.05, 4.69) is 0 Å². The second-order valence-corrected chi connectivity index (χ2v) is 2.77. The summed E-state index contributed by atoms with van der Waals surface area (Å²) in [5.74, 6) is 0. The number of hydrogen-bond acceptors (Lipinski definition) is 4. The van der Waals surface area contributed by atoms with Crippen molar-refractivity contribution in [2.24, 2.45) is 0 Å². The van der Waals surface area contributed by atoms with Gasteiger partial charge < -0.3 is 5.73 Å². The van der Waals surface area contributed by atoms with Crippen LogP contribution in [0.5, 0.6) is 0 Å². The lowest BCUT2D eigenvalue weighted by Crippen LogP contribution is -2.31. The Labute approximate surface area is 69.9 Å². The van der Waals surface area contributed by atoms with Gasteiger partial charge in [-0.2, -0.15) is 0 Å². The molecule has 0 aromatic heterocycles. The van der Waals surface area contributed by atoms with Gasteiger partial charge in [0, 0.05) is 5.56 Å². The van der Waals surface area contributed by atoms with Gasteiger partial charge in [0.15, 0.2) is 0 Å². The van der Waals surface area contributed by atoms with Gasteiger partial charge >= 0.3 is 0 Å². The molecule has 4 heteroatoms. The molecule has 0 unspecified atom stereocenters. The lowest BCUT2D eigenvalue weighted by atomic mass is 10.2. The first-order valence-electron chi connectivity index (χ1n) is 3.85. The van der Waals surface area contributed by atoms with E-state index in [1.165, 1.54) is 0 Å². The van der Waals surface area contributed by atoms with Crippen LogP contribution in [0.25, 0.3) is 0 Å². The molecule has 0 radical (unpaired) electrons. The molecule has 0 saturated heterocycles. The quantitative estimate of drug-likeness (QED) is 0.467. The molecule has 0 atom stereocenters. The Kier molecular flexibility index (Phi) is 2.08. The predicted molar refractivity (Wildman–Crippen MR) is 44.8 cm³/mol. The highest BCUT2D eigenvalue weighted by Crippen LogP contribution is 2.00. The van der Waals surface area contributed by atoms with Crippen molar-refractivity contribution in [2.45, 2.75) is 19.8 Å². The molecule has 1 aromatic carbocycles. The van der Waals surface area contributed by atoms with E-state index in [1.54, 1.807) is 0 Å². The fraction of sp³-hybridized carbons (Fsp3) is 0.375. The molecule has 0 heterocycles. The second kappa shape index (κ2) is 2.89. The minimum atomic E-state index is -0.0454.